The van der Waals surface area contributed by atoms with E-state index < -0.39 is 0 Å². The maximum atomic E-state index is 12.8. The predicted octanol–water partition coefficient (Wildman–Crippen LogP) is 8.26. The molecule has 0 amide bonds. The molecule has 4 nitrogen and oxygen atoms in total. The minimum absolute atomic E-state index is 0.373. The molecule has 0 spiro atoms. The van der Waals surface area contributed by atoms with Gasteiger partial charge in [0, 0.05) is 34.0 Å². The molecule has 0 unspecified atom stereocenters. The summed E-state index contributed by atoms with van der Waals surface area (Å²) in [5.74, 6) is 0. The quantitative estimate of drug-likeness (QED) is 0.169. The lowest BCUT2D eigenvalue weighted by molar-refractivity contribution is 0.666. The number of unbranched alkanes of at least 4 members (excludes halogenated alkanes) is 6. The molecular weight excluding hydrogens is 508 g/mol. The average molecular weight is 545 g/mol. The van der Waals surface area contributed by atoms with Crippen LogP contribution in [0, 0.1) is 0 Å². The fourth-order valence-electron chi connectivity index (χ4n) is 5.14. The SMILES string of the molecule is CCCCCCN1/C(=C/c2c(/C=C3\Sc4ccccc4N3CCCCCC)c(=O)c2=O)Sc2ccccc21. The maximum Gasteiger partial charge on any atom is 0.234 e. The number of anilines is 2. The first kappa shape index (κ1) is 26.9. The smallest absolute Gasteiger partial charge is 0.234 e. The summed E-state index contributed by atoms with van der Waals surface area (Å²) in [5, 5.41) is 2.07. The molecule has 2 aliphatic heterocycles. The molecule has 38 heavy (non-hydrogen) atoms. The van der Waals surface area contributed by atoms with Crippen molar-refractivity contribution in [2.75, 3.05) is 22.9 Å². The highest BCUT2D eigenvalue weighted by Crippen LogP contribution is 2.48. The van der Waals surface area contributed by atoms with E-state index in [4.69, 9.17) is 0 Å². The largest absolute Gasteiger partial charge is 0.335 e. The molecule has 0 aliphatic carbocycles. The topological polar surface area (TPSA) is 40.6 Å². The lowest BCUT2D eigenvalue weighted by Gasteiger charge is -2.22. The van der Waals surface area contributed by atoms with Crippen molar-refractivity contribution in [2.45, 2.75) is 75.0 Å². The Hall–Kier alpha value is -2.70. The summed E-state index contributed by atoms with van der Waals surface area (Å²) < 4.78 is 0. The molecule has 5 rings (SSSR count). The van der Waals surface area contributed by atoms with Gasteiger partial charge in [0.1, 0.15) is 0 Å². The van der Waals surface area contributed by atoms with Gasteiger partial charge in [-0.1, -0.05) is 100 Å². The molecule has 0 saturated carbocycles. The van der Waals surface area contributed by atoms with E-state index in [-0.39, 0.29) is 10.9 Å². The van der Waals surface area contributed by atoms with E-state index in [1.807, 2.05) is 12.2 Å². The maximum absolute atomic E-state index is 12.8. The van der Waals surface area contributed by atoms with Gasteiger partial charge in [-0.05, 0) is 49.3 Å². The molecule has 0 atom stereocenters. The highest BCUT2D eigenvalue weighted by atomic mass is 32.2. The lowest BCUT2D eigenvalue weighted by Crippen LogP contribution is -2.37. The molecule has 0 N–H and O–H groups in total. The molecule has 0 fully saturated rings. The monoisotopic (exact) mass is 544 g/mol. The van der Waals surface area contributed by atoms with Crippen molar-refractivity contribution in [3.8, 4) is 0 Å². The Morgan fingerprint density at radius 3 is 1.45 bits per heavy atom. The van der Waals surface area contributed by atoms with E-state index in [9.17, 15) is 9.59 Å². The van der Waals surface area contributed by atoms with Crippen molar-refractivity contribution in [1.29, 1.82) is 0 Å². The van der Waals surface area contributed by atoms with Crippen molar-refractivity contribution in [3.05, 3.63) is 90.2 Å². The summed E-state index contributed by atoms with van der Waals surface area (Å²) >= 11 is 3.39. The van der Waals surface area contributed by atoms with Crippen LogP contribution in [0.15, 0.2) is 78.0 Å². The van der Waals surface area contributed by atoms with Crippen LogP contribution in [0.2, 0.25) is 0 Å². The zero-order chi connectivity index (χ0) is 26.5. The van der Waals surface area contributed by atoms with Crippen LogP contribution in [0.5, 0.6) is 0 Å². The second-order valence-electron chi connectivity index (χ2n) is 10.0. The van der Waals surface area contributed by atoms with Gasteiger partial charge in [-0.2, -0.15) is 0 Å². The third-order valence-corrected chi connectivity index (χ3v) is 9.49. The van der Waals surface area contributed by atoms with Crippen LogP contribution < -0.4 is 20.7 Å². The molecule has 2 aliphatic rings. The van der Waals surface area contributed by atoms with Gasteiger partial charge >= 0.3 is 0 Å². The van der Waals surface area contributed by atoms with Crippen LogP contribution in [0.4, 0.5) is 11.4 Å². The fourth-order valence-corrected chi connectivity index (χ4v) is 7.40. The number of nitrogens with zero attached hydrogens (tertiary/aromatic N) is 2. The second kappa shape index (κ2) is 12.4. The Labute approximate surface area is 234 Å². The summed E-state index contributed by atoms with van der Waals surface area (Å²) in [7, 11) is 0. The first-order chi connectivity index (χ1) is 18.6. The number of benzene rings is 2. The predicted molar refractivity (Wildman–Crippen MR) is 165 cm³/mol. The number of rotatable bonds is 12. The van der Waals surface area contributed by atoms with Crippen molar-refractivity contribution in [1.82, 2.24) is 0 Å². The highest BCUT2D eigenvalue weighted by molar-refractivity contribution is 8.04. The Morgan fingerprint density at radius 2 is 1.03 bits per heavy atom. The third-order valence-electron chi connectivity index (χ3n) is 7.27. The minimum atomic E-state index is -0.373. The Balaban J connectivity index is 1.44. The van der Waals surface area contributed by atoms with Gasteiger partial charge in [0.05, 0.1) is 21.4 Å². The van der Waals surface area contributed by atoms with Crippen LogP contribution in [0.1, 0.15) is 76.3 Å². The van der Waals surface area contributed by atoms with Gasteiger partial charge in [-0.25, -0.2) is 0 Å². The standard InChI is InChI=1S/C32H36N2O2S2/c1-3-5-7-13-19-33-25-15-9-11-17-27(25)37-29(33)21-23-24(32(36)31(23)35)22-30-34(20-14-8-6-4-2)26-16-10-12-18-28(26)38-30/h9-12,15-18,21-22H,3-8,13-14,19-20H2,1-2H3/b29-21-,30-22-. The summed E-state index contributed by atoms with van der Waals surface area (Å²) in [6, 6.07) is 16.8. The van der Waals surface area contributed by atoms with Crippen LogP contribution >= 0.6 is 23.5 Å². The van der Waals surface area contributed by atoms with Crippen molar-refractivity contribution in [3.63, 3.8) is 0 Å². The van der Waals surface area contributed by atoms with Crippen LogP contribution in [-0.2, 0) is 0 Å². The van der Waals surface area contributed by atoms with Gasteiger partial charge in [0.25, 0.3) is 0 Å². The second-order valence-corrected chi connectivity index (χ2v) is 12.1. The lowest BCUT2D eigenvalue weighted by atomic mass is 10.0. The van der Waals surface area contributed by atoms with Gasteiger partial charge in [0.2, 0.25) is 10.9 Å². The molecule has 6 heteroatoms. The van der Waals surface area contributed by atoms with E-state index in [2.05, 4.69) is 72.2 Å². The highest BCUT2D eigenvalue weighted by Gasteiger charge is 2.29. The molecule has 3 aromatic carbocycles. The number of thioether (sulfide) groups is 2. The Bertz CT molecular complexity index is 1310. The molecule has 2 heterocycles. The molecule has 198 valence electrons. The van der Waals surface area contributed by atoms with Crippen LogP contribution in [0.25, 0.3) is 12.2 Å². The van der Waals surface area contributed by atoms with Gasteiger partial charge in [0.15, 0.2) is 0 Å². The third kappa shape index (κ3) is 5.52. The van der Waals surface area contributed by atoms with Crippen molar-refractivity contribution >= 4 is 47.1 Å². The van der Waals surface area contributed by atoms with Crippen LogP contribution in [-0.4, -0.2) is 13.1 Å². The Morgan fingerprint density at radius 1 is 0.605 bits per heavy atom. The summed E-state index contributed by atoms with van der Waals surface area (Å²) in [4.78, 5) is 32.7. The van der Waals surface area contributed by atoms with E-state index in [0.717, 1.165) is 36.0 Å². The summed E-state index contributed by atoms with van der Waals surface area (Å²) in [5.41, 5.74) is 2.72. The normalized spacial score (nSPS) is 16.7. The molecule has 0 aromatic heterocycles. The zero-order valence-corrected chi connectivity index (χ0v) is 24.0. The van der Waals surface area contributed by atoms with E-state index in [1.165, 1.54) is 59.7 Å². The van der Waals surface area contributed by atoms with E-state index >= 15 is 0 Å². The molecule has 3 aromatic rings. The molecule has 0 bridgehead atoms. The van der Waals surface area contributed by atoms with Crippen molar-refractivity contribution < 1.29 is 0 Å². The van der Waals surface area contributed by atoms with Gasteiger partial charge < -0.3 is 9.80 Å². The van der Waals surface area contributed by atoms with E-state index in [0.29, 0.717) is 11.1 Å². The summed E-state index contributed by atoms with van der Waals surface area (Å²) in [6.45, 7) is 6.28. The zero-order valence-electron chi connectivity index (χ0n) is 22.4. The average Bonchev–Trinajstić information content (AvgIpc) is 3.48. The first-order valence-electron chi connectivity index (χ1n) is 14.0. The van der Waals surface area contributed by atoms with E-state index in [1.54, 1.807) is 23.5 Å². The number of fused-ring (bicyclic) bond motifs is 2. The number of hydrogen-bond acceptors (Lipinski definition) is 6. The fraction of sp³-hybridized carbons (Fsp3) is 0.375. The summed E-state index contributed by atoms with van der Waals surface area (Å²) in [6.07, 6.45) is 13.4. The van der Waals surface area contributed by atoms with Crippen LogP contribution in [0.3, 0.4) is 0 Å². The van der Waals surface area contributed by atoms with Gasteiger partial charge in [-0.15, -0.1) is 0 Å². The number of hydrogen-bond donors (Lipinski definition) is 0. The molecule has 0 radical (unpaired) electrons. The van der Waals surface area contributed by atoms with Crippen molar-refractivity contribution in [2.24, 2.45) is 0 Å². The molecule has 0 saturated heterocycles. The Kier molecular flexibility index (Phi) is 8.80. The molecular formula is C32H36N2O2S2. The number of para-hydroxylation sites is 2. The minimum Gasteiger partial charge on any atom is -0.335 e. The van der Waals surface area contributed by atoms with Gasteiger partial charge in [-0.3, -0.25) is 9.59 Å². The first-order valence-corrected chi connectivity index (χ1v) is 15.6.